The SMILES string of the molecule is O=C1CN(c2cn[nH]c(=O)c2Cl)CCN1Cc1ccc(Cl)cc1. The van der Waals surface area contributed by atoms with Crippen molar-refractivity contribution in [2.45, 2.75) is 6.54 Å². The van der Waals surface area contributed by atoms with E-state index in [1.165, 1.54) is 6.20 Å². The Hall–Kier alpha value is -2.05. The van der Waals surface area contributed by atoms with Gasteiger partial charge >= 0.3 is 0 Å². The van der Waals surface area contributed by atoms with Gasteiger partial charge in [-0.25, -0.2) is 5.10 Å². The van der Waals surface area contributed by atoms with Gasteiger partial charge in [0.2, 0.25) is 5.91 Å². The zero-order chi connectivity index (χ0) is 16.4. The van der Waals surface area contributed by atoms with Crippen molar-refractivity contribution in [3.8, 4) is 0 Å². The zero-order valence-corrected chi connectivity index (χ0v) is 13.6. The van der Waals surface area contributed by atoms with Gasteiger partial charge < -0.3 is 9.80 Å². The molecule has 0 radical (unpaired) electrons. The summed E-state index contributed by atoms with van der Waals surface area (Å²) >= 11 is 11.9. The standard InChI is InChI=1S/C15H14Cl2N4O2/c16-11-3-1-10(2-4-11)8-21-6-5-20(9-13(21)22)12-7-18-19-15(23)14(12)17/h1-4,7H,5-6,8-9H2,(H,19,23). The molecular formula is C15H14Cl2N4O2. The highest BCUT2D eigenvalue weighted by Gasteiger charge is 2.26. The van der Waals surface area contributed by atoms with Crippen LogP contribution in [0, 0.1) is 0 Å². The molecule has 1 aliphatic heterocycles. The van der Waals surface area contributed by atoms with Gasteiger partial charge in [0, 0.05) is 24.7 Å². The van der Waals surface area contributed by atoms with Gasteiger partial charge in [0.1, 0.15) is 5.02 Å². The van der Waals surface area contributed by atoms with E-state index in [1.54, 1.807) is 21.9 Å². The molecule has 0 atom stereocenters. The molecule has 1 N–H and O–H groups in total. The van der Waals surface area contributed by atoms with Crippen molar-refractivity contribution < 1.29 is 4.79 Å². The largest absolute Gasteiger partial charge is 0.358 e. The molecule has 1 aliphatic rings. The maximum atomic E-state index is 12.4. The summed E-state index contributed by atoms with van der Waals surface area (Å²) in [6, 6.07) is 7.41. The number of nitrogens with zero attached hydrogens (tertiary/aromatic N) is 3. The first-order valence-corrected chi connectivity index (χ1v) is 7.80. The number of amides is 1. The summed E-state index contributed by atoms with van der Waals surface area (Å²) in [5, 5.41) is 6.73. The van der Waals surface area contributed by atoms with Crippen LogP contribution in [0.15, 0.2) is 35.3 Å². The summed E-state index contributed by atoms with van der Waals surface area (Å²) in [4.78, 5) is 27.4. The van der Waals surface area contributed by atoms with Crippen LogP contribution in [0.5, 0.6) is 0 Å². The number of aromatic amines is 1. The number of rotatable bonds is 3. The Morgan fingerprint density at radius 3 is 2.57 bits per heavy atom. The van der Waals surface area contributed by atoms with Gasteiger partial charge in [-0.15, -0.1) is 0 Å². The molecule has 6 nitrogen and oxygen atoms in total. The second kappa shape index (κ2) is 6.60. The van der Waals surface area contributed by atoms with Gasteiger partial charge in [-0.05, 0) is 17.7 Å². The van der Waals surface area contributed by atoms with Gasteiger partial charge in [0.05, 0.1) is 18.4 Å². The number of piperazine rings is 1. The van der Waals surface area contributed by atoms with Crippen molar-refractivity contribution in [1.29, 1.82) is 0 Å². The van der Waals surface area contributed by atoms with Gasteiger partial charge in [0.25, 0.3) is 5.56 Å². The van der Waals surface area contributed by atoms with E-state index in [0.717, 1.165) is 5.56 Å². The van der Waals surface area contributed by atoms with Crippen LogP contribution in [0.4, 0.5) is 5.69 Å². The van der Waals surface area contributed by atoms with E-state index < -0.39 is 5.56 Å². The third-order valence-electron chi connectivity index (χ3n) is 3.72. The van der Waals surface area contributed by atoms with Crippen molar-refractivity contribution in [2.24, 2.45) is 0 Å². The lowest BCUT2D eigenvalue weighted by atomic mass is 10.2. The van der Waals surface area contributed by atoms with Crippen LogP contribution in [0.2, 0.25) is 10.0 Å². The van der Waals surface area contributed by atoms with Crippen molar-refractivity contribution in [2.75, 3.05) is 24.5 Å². The maximum Gasteiger partial charge on any atom is 0.285 e. The van der Waals surface area contributed by atoms with Gasteiger partial charge in [-0.3, -0.25) is 9.59 Å². The molecule has 23 heavy (non-hydrogen) atoms. The summed E-state index contributed by atoms with van der Waals surface area (Å²) < 4.78 is 0. The predicted octanol–water partition coefficient (Wildman–Crippen LogP) is 1.93. The Balaban J connectivity index is 1.70. The van der Waals surface area contributed by atoms with Gasteiger partial charge in [-0.2, -0.15) is 5.10 Å². The number of hydrogen-bond acceptors (Lipinski definition) is 4. The third kappa shape index (κ3) is 3.48. The minimum atomic E-state index is -0.458. The Morgan fingerprint density at radius 2 is 1.87 bits per heavy atom. The Morgan fingerprint density at radius 1 is 1.13 bits per heavy atom. The fraction of sp³-hybridized carbons (Fsp3) is 0.267. The second-order valence-electron chi connectivity index (χ2n) is 5.26. The van der Waals surface area contributed by atoms with Crippen molar-refractivity contribution in [3.63, 3.8) is 0 Å². The Kier molecular flexibility index (Phi) is 4.54. The van der Waals surface area contributed by atoms with E-state index >= 15 is 0 Å². The van der Waals surface area contributed by atoms with Crippen LogP contribution in [0.25, 0.3) is 0 Å². The Bertz CT molecular complexity index is 776. The number of halogens is 2. The first-order valence-electron chi connectivity index (χ1n) is 7.05. The number of hydrogen-bond donors (Lipinski definition) is 1. The number of aromatic nitrogens is 2. The average molecular weight is 353 g/mol. The van der Waals surface area contributed by atoms with Crippen molar-refractivity contribution in [3.05, 3.63) is 56.4 Å². The van der Waals surface area contributed by atoms with E-state index in [4.69, 9.17) is 23.2 Å². The lowest BCUT2D eigenvalue weighted by Gasteiger charge is -2.35. The smallest absolute Gasteiger partial charge is 0.285 e. The fourth-order valence-electron chi connectivity index (χ4n) is 2.49. The molecule has 2 heterocycles. The zero-order valence-electron chi connectivity index (χ0n) is 12.1. The summed E-state index contributed by atoms with van der Waals surface area (Å²) in [6.45, 7) is 1.83. The molecule has 2 aromatic rings. The van der Waals surface area contributed by atoms with Gasteiger partial charge in [-0.1, -0.05) is 35.3 Å². The highest BCUT2D eigenvalue weighted by molar-refractivity contribution is 6.33. The summed E-state index contributed by atoms with van der Waals surface area (Å²) in [7, 11) is 0. The number of carbonyl (C=O) groups excluding carboxylic acids is 1. The fourth-order valence-corrected chi connectivity index (χ4v) is 2.82. The second-order valence-corrected chi connectivity index (χ2v) is 6.08. The molecule has 0 spiro atoms. The summed E-state index contributed by atoms with van der Waals surface area (Å²) in [6.07, 6.45) is 1.46. The minimum absolute atomic E-state index is 0.0254. The average Bonchev–Trinajstić information content (AvgIpc) is 2.54. The number of anilines is 1. The molecule has 1 aromatic heterocycles. The lowest BCUT2D eigenvalue weighted by Crippen LogP contribution is -2.50. The molecule has 3 rings (SSSR count). The van der Waals surface area contributed by atoms with Crippen LogP contribution in [-0.4, -0.2) is 40.6 Å². The van der Waals surface area contributed by atoms with Crippen LogP contribution in [-0.2, 0) is 11.3 Å². The third-order valence-corrected chi connectivity index (χ3v) is 4.34. The molecule has 8 heteroatoms. The summed E-state index contributed by atoms with van der Waals surface area (Å²) in [5.41, 5.74) is 1.04. The molecule has 0 unspecified atom stereocenters. The van der Waals surface area contributed by atoms with Crippen LogP contribution in [0.1, 0.15) is 5.56 Å². The van der Waals surface area contributed by atoms with Crippen LogP contribution >= 0.6 is 23.2 Å². The number of carbonyl (C=O) groups is 1. The minimum Gasteiger partial charge on any atom is -0.358 e. The van der Waals surface area contributed by atoms with Crippen molar-refractivity contribution in [1.82, 2.24) is 15.1 Å². The van der Waals surface area contributed by atoms with E-state index in [-0.39, 0.29) is 17.5 Å². The van der Waals surface area contributed by atoms with E-state index in [9.17, 15) is 9.59 Å². The van der Waals surface area contributed by atoms with Crippen LogP contribution < -0.4 is 10.5 Å². The van der Waals surface area contributed by atoms with E-state index in [1.807, 2.05) is 12.1 Å². The first kappa shape index (κ1) is 15.8. The molecule has 1 fully saturated rings. The molecule has 1 aromatic carbocycles. The monoisotopic (exact) mass is 352 g/mol. The number of nitrogens with one attached hydrogen (secondary N) is 1. The Labute approximate surface area is 142 Å². The highest BCUT2D eigenvalue weighted by Crippen LogP contribution is 2.22. The molecular weight excluding hydrogens is 339 g/mol. The molecule has 1 saturated heterocycles. The molecule has 1 amide bonds. The maximum absolute atomic E-state index is 12.4. The normalized spacial score (nSPS) is 15.1. The predicted molar refractivity (Wildman–Crippen MR) is 88.9 cm³/mol. The lowest BCUT2D eigenvalue weighted by molar-refractivity contribution is -0.131. The van der Waals surface area contributed by atoms with E-state index in [2.05, 4.69) is 10.2 Å². The summed E-state index contributed by atoms with van der Waals surface area (Å²) in [5.74, 6) is -0.0254. The number of benzene rings is 1. The molecule has 0 aliphatic carbocycles. The molecule has 0 bridgehead atoms. The quantitative estimate of drug-likeness (QED) is 0.916. The number of H-pyrrole nitrogens is 1. The van der Waals surface area contributed by atoms with Crippen LogP contribution in [0.3, 0.4) is 0 Å². The highest BCUT2D eigenvalue weighted by atomic mass is 35.5. The first-order chi connectivity index (χ1) is 11.0. The van der Waals surface area contributed by atoms with E-state index in [0.29, 0.717) is 30.3 Å². The van der Waals surface area contributed by atoms with Crippen molar-refractivity contribution >= 4 is 34.8 Å². The molecule has 0 saturated carbocycles. The van der Waals surface area contributed by atoms with Gasteiger partial charge in [0.15, 0.2) is 0 Å². The molecule has 120 valence electrons. The topological polar surface area (TPSA) is 69.3 Å².